The normalized spacial score (nSPS) is 13.2. The summed E-state index contributed by atoms with van der Waals surface area (Å²) in [5.41, 5.74) is 1.61. The summed E-state index contributed by atoms with van der Waals surface area (Å²) < 4.78 is 3.36. The fraction of sp³-hybridized carbons (Fsp3) is 0.217. The van der Waals surface area contributed by atoms with E-state index in [1.807, 2.05) is 66.8 Å². The maximum Gasteiger partial charge on any atom is 0.263 e. The molecule has 1 amide bonds. The van der Waals surface area contributed by atoms with Crippen LogP contribution in [0.4, 0.5) is 0 Å². The second-order valence-electron chi connectivity index (χ2n) is 7.24. The lowest BCUT2D eigenvalue weighted by Gasteiger charge is -2.17. The van der Waals surface area contributed by atoms with Gasteiger partial charge in [0.15, 0.2) is 5.16 Å². The number of thioether (sulfide) groups is 1. The van der Waals surface area contributed by atoms with E-state index in [1.54, 1.807) is 12.1 Å². The van der Waals surface area contributed by atoms with Crippen LogP contribution in [-0.2, 0) is 11.3 Å². The van der Waals surface area contributed by atoms with Crippen LogP contribution >= 0.6 is 11.8 Å². The van der Waals surface area contributed by atoms with Crippen molar-refractivity contribution in [3.05, 3.63) is 83.2 Å². The monoisotopic (exact) mass is 433 g/mol. The standard InChI is InChI=1S/C23H23N5O2S/c1-4-14-27-21(30)18-12-8-9-13-19(18)28-22(27)25-26-23(28)31-16(3)20(29)24-15(2)17-10-6-5-7-11-17/h4-13,15-16H,1,14H2,2-3H3,(H,24,29). The van der Waals surface area contributed by atoms with Gasteiger partial charge in [-0.3, -0.25) is 18.6 Å². The molecular weight excluding hydrogens is 410 g/mol. The number of allylic oxidation sites excluding steroid dienone is 1. The van der Waals surface area contributed by atoms with Crippen LogP contribution in [0.5, 0.6) is 0 Å². The Balaban J connectivity index is 1.66. The van der Waals surface area contributed by atoms with Gasteiger partial charge < -0.3 is 5.32 Å². The third-order valence-corrected chi connectivity index (χ3v) is 6.14. The summed E-state index contributed by atoms with van der Waals surface area (Å²) in [5, 5.41) is 12.3. The molecule has 2 heterocycles. The molecule has 0 aliphatic heterocycles. The van der Waals surface area contributed by atoms with Crippen molar-refractivity contribution in [3.8, 4) is 0 Å². The summed E-state index contributed by atoms with van der Waals surface area (Å²) in [6.07, 6.45) is 1.65. The zero-order valence-corrected chi connectivity index (χ0v) is 18.2. The Kier molecular flexibility index (Phi) is 5.90. The lowest BCUT2D eigenvalue weighted by atomic mass is 10.1. The van der Waals surface area contributed by atoms with Crippen LogP contribution in [0.3, 0.4) is 0 Å². The Morgan fingerprint density at radius 2 is 1.84 bits per heavy atom. The van der Waals surface area contributed by atoms with E-state index in [2.05, 4.69) is 22.1 Å². The van der Waals surface area contributed by atoms with Crippen LogP contribution < -0.4 is 10.9 Å². The summed E-state index contributed by atoms with van der Waals surface area (Å²) >= 11 is 1.31. The first-order valence-electron chi connectivity index (χ1n) is 10.0. The fourth-order valence-corrected chi connectivity index (χ4v) is 4.34. The second-order valence-corrected chi connectivity index (χ2v) is 8.55. The molecule has 158 valence electrons. The SMILES string of the molecule is C=CCn1c(=O)c2ccccc2n2c(SC(C)C(=O)NC(C)c3ccccc3)nnc12. The number of nitrogens with one attached hydrogen (secondary N) is 1. The van der Waals surface area contributed by atoms with Crippen molar-refractivity contribution in [3.63, 3.8) is 0 Å². The number of rotatable bonds is 7. The molecule has 4 aromatic rings. The average molecular weight is 434 g/mol. The molecule has 2 aromatic carbocycles. The first kappa shape index (κ1) is 20.9. The first-order valence-corrected chi connectivity index (χ1v) is 10.9. The van der Waals surface area contributed by atoms with E-state index in [4.69, 9.17) is 0 Å². The number of amides is 1. The van der Waals surface area contributed by atoms with E-state index in [0.29, 0.717) is 28.4 Å². The zero-order chi connectivity index (χ0) is 22.0. The highest BCUT2D eigenvalue weighted by molar-refractivity contribution is 8.00. The van der Waals surface area contributed by atoms with Crippen molar-refractivity contribution < 1.29 is 4.79 Å². The van der Waals surface area contributed by atoms with E-state index in [-0.39, 0.29) is 17.5 Å². The molecule has 0 bridgehead atoms. The van der Waals surface area contributed by atoms with E-state index >= 15 is 0 Å². The van der Waals surface area contributed by atoms with E-state index in [9.17, 15) is 9.59 Å². The quantitative estimate of drug-likeness (QED) is 0.356. The van der Waals surface area contributed by atoms with Crippen LogP contribution in [0.1, 0.15) is 25.5 Å². The minimum atomic E-state index is -0.405. The third-order valence-electron chi connectivity index (χ3n) is 5.10. The van der Waals surface area contributed by atoms with Crippen LogP contribution in [0.25, 0.3) is 16.7 Å². The average Bonchev–Trinajstić information content (AvgIpc) is 3.20. The maximum atomic E-state index is 12.9. The van der Waals surface area contributed by atoms with Crippen LogP contribution in [-0.4, -0.2) is 30.3 Å². The van der Waals surface area contributed by atoms with Gasteiger partial charge in [-0.1, -0.05) is 60.3 Å². The Morgan fingerprint density at radius 1 is 1.13 bits per heavy atom. The van der Waals surface area contributed by atoms with Gasteiger partial charge in [-0.15, -0.1) is 16.8 Å². The predicted molar refractivity (Wildman–Crippen MR) is 123 cm³/mol. The van der Waals surface area contributed by atoms with Gasteiger partial charge in [-0.2, -0.15) is 0 Å². The van der Waals surface area contributed by atoms with Crippen LogP contribution in [0, 0.1) is 0 Å². The van der Waals surface area contributed by atoms with Crippen molar-refractivity contribution in [1.29, 1.82) is 0 Å². The lowest BCUT2D eigenvalue weighted by molar-refractivity contribution is -0.120. The fourth-order valence-electron chi connectivity index (χ4n) is 3.47. The Hall–Kier alpha value is -3.39. The van der Waals surface area contributed by atoms with Gasteiger partial charge >= 0.3 is 0 Å². The van der Waals surface area contributed by atoms with Crippen molar-refractivity contribution >= 4 is 34.3 Å². The molecule has 8 heteroatoms. The van der Waals surface area contributed by atoms with Crippen molar-refractivity contribution in [1.82, 2.24) is 24.5 Å². The van der Waals surface area contributed by atoms with Gasteiger partial charge in [0.05, 0.1) is 22.2 Å². The van der Waals surface area contributed by atoms with Crippen molar-refractivity contribution in [2.24, 2.45) is 0 Å². The minimum Gasteiger partial charge on any atom is -0.349 e. The summed E-state index contributed by atoms with van der Waals surface area (Å²) in [4.78, 5) is 25.7. The van der Waals surface area contributed by atoms with Gasteiger partial charge in [-0.05, 0) is 31.5 Å². The molecule has 1 N–H and O–H groups in total. The van der Waals surface area contributed by atoms with Gasteiger partial charge in [0.25, 0.3) is 5.56 Å². The topological polar surface area (TPSA) is 81.3 Å². The molecule has 0 fully saturated rings. The third kappa shape index (κ3) is 3.98. The van der Waals surface area contributed by atoms with E-state index < -0.39 is 5.25 Å². The van der Waals surface area contributed by atoms with Crippen molar-refractivity contribution in [2.45, 2.75) is 36.8 Å². The second kappa shape index (κ2) is 8.77. The maximum absolute atomic E-state index is 12.9. The number of benzene rings is 2. The van der Waals surface area contributed by atoms with Crippen molar-refractivity contribution in [2.75, 3.05) is 0 Å². The molecule has 0 saturated carbocycles. The molecule has 7 nitrogen and oxygen atoms in total. The summed E-state index contributed by atoms with van der Waals surface area (Å²) in [6.45, 7) is 7.85. The smallest absolute Gasteiger partial charge is 0.263 e. The molecule has 0 saturated heterocycles. The summed E-state index contributed by atoms with van der Waals surface area (Å²) in [7, 11) is 0. The highest BCUT2D eigenvalue weighted by Crippen LogP contribution is 2.25. The first-order chi connectivity index (χ1) is 15.0. The van der Waals surface area contributed by atoms with Gasteiger partial charge in [0, 0.05) is 6.54 Å². The van der Waals surface area contributed by atoms with Gasteiger partial charge in [0.1, 0.15) is 0 Å². The Labute approximate surface area is 183 Å². The number of hydrogen-bond donors (Lipinski definition) is 1. The predicted octanol–water partition coefficient (Wildman–Crippen LogP) is 3.59. The molecule has 4 rings (SSSR count). The molecule has 0 aliphatic rings. The molecule has 0 radical (unpaired) electrons. The van der Waals surface area contributed by atoms with Gasteiger partial charge in [0.2, 0.25) is 11.7 Å². The highest BCUT2D eigenvalue weighted by atomic mass is 32.2. The molecule has 2 aromatic heterocycles. The number of fused-ring (bicyclic) bond motifs is 3. The minimum absolute atomic E-state index is 0.0955. The molecule has 0 spiro atoms. The van der Waals surface area contributed by atoms with E-state index in [0.717, 1.165) is 5.56 Å². The molecule has 0 aliphatic carbocycles. The zero-order valence-electron chi connectivity index (χ0n) is 17.4. The number of aromatic nitrogens is 4. The number of carbonyl (C=O) groups excluding carboxylic acids is 1. The molecule has 2 atom stereocenters. The van der Waals surface area contributed by atoms with Crippen LogP contribution in [0.2, 0.25) is 0 Å². The Bertz CT molecular complexity index is 1310. The highest BCUT2D eigenvalue weighted by Gasteiger charge is 2.22. The molecule has 2 unspecified atom stereocenters. The number of para-hydroxylation sites is 1. The molecule has 31 heavy (non-hydrogen) atoms. The largest absolute Gasteiger partial charge is 0.349 e. The lowest BCUT2D eigenvalue weighted by Crippen LogP contribution is -2.33. The number of hydrogen-bond acceptors (Lipinski definition) is 5. The van der Waals surface area contributed by atoms with Gasteiger partial charge in [-0.25, -0.2) is 0 Å². The Morgan fingerprint density at radius 3 is 2.58 bits per heavy atom. The number of carbonyl (C=O) groups is 1. The summed E-state index contributed by atoms with van der Waals surface area (Å²) in [6, 6.07) is 17.0. The van der Waals surface area contributed by atoms with E-state index in [1.165, 1.54) is 16.3 Å². The number of nitrogens with zero attached hydrogens (tertiary/aromatic N) is 4. The molecular formula is C23H23N5O2S. The summed E-state index contributed by atoms with van der Waals surface area (Å²) in [5.74, 6) is 0.332. The van der Waals surface area contributed by atoms with Crippen LogP contribution in [0.15, 0.2) is 77.2 Å².